The van der Waals surface area contributed by atoms with Crippen molar-refractivity contribution in [2.45, 2.75) is 18.9 Å². The molecule has 1 amide bonds. The first kappa shape index (κ1) is 10.7. The number of rotatable bonds is 3. The van der Waals surface area contributed by atoms with Crippen molar-refractivity contribution in [3.8, 4) is 5.75 Å². The molecule has 1 aromatic rings. The first-order valence-corrected chi connectivity index (χ1v) is 5.83. The van der Waals surface area contributed by atoms with E-state index >= 15 is 0 Å². The zero-order valence-corrected chi connectivity index (χ0v) is 10.4. The summed E-state index contributed by atoms with van der Waals surface area (Å²) in [5.74, 6) is 0.576. The second kappa shape index (κ2) is 4.34. The standard InChI is InChI=1S/C10H11IN2O2/c1-12-10(14)9-8(11)4-7(5-13-9)15-6-2-3-6/h4-6H,2-3H2,1H3,(H,12,14). The van der Waals surface area contributed by atoms with Crippen LogP contribution in [0.2, 0.25) is 0 Å². The molecule has 1 aromatic heterocycles. The van der Waals surface area contributed by atoms with E-state index in [1.807, 2.05) is 6.07 Å². The van der Waals surface area contributed by atoms with Crippen LogP contribution in [0.25, 0.3) is 0 Å². The lowest BCUT2D eigenvalue weighted by molar-refractivity contribution is 0.0957. The molecule has 1 aliphatic rings. The number of hydrogen-bond donors (Lipinski definition) is 1. The second-order valence-electron chi connectivity index (χ2n) is 3.40. The lowest BCUT2D eigenvalue weighted by Crippen LogP contribution is -2.20. The van der Waals surface area contributed by atoms with Gasteiger partial charge in [0.25, 0.3) is 5.91 Å². The number of halogens is 1. The highest BCUT2D eigenvalue weighted by atomic mass is 127. The van der Waals surface area contributed by atoms with Gasteiger partial charge in [-0.05, 0) is 41.5 Å². The Hall–Kier alpha value is -0.850. The molecule has 0 aromatic carbocycles. The highest BCUT2D eigenvalue weighted by Gasteiger charge is 2.24. The number of ether oxygens (including phenoxy) is 1. The van der Waals surface area contributed by atoms with Crippen molar-refractivity contribution in [1.29, 1.82) is 0 Å². The third kappa shape index (κ3) is 2.58. The monoisotopic (exact) mass is 318 g/mol. The SMILES string of the molecule is CNC(=O)c1ncc(OC2CC2)cc1I. The molecular formula is C10H11IN2O2. The minimum Gasteiger partial charge on any atom is -0.489 e. The average molecular weight is 318 g/mol. The number of aromatic nitrogens is 1. The van der Waals surface area contributed by atoms with Crippen molar-refractivity contribution >= 4 is 28.5 Å². The molecule has 0 atom stereocenters. The van der Waals surface area contributed by atoms with Crippen molar-refractivity contribution in [1.82, 2.24) is 10.3 Å². The Morgan fingerprint density at radius 2 is 2.40 bits per heavy atom. The molecule has 80 valence electrons. The Morgan fingerprint density at radius 1 is 1.67 bits per heavy atom. The van der Waals surface area contributed by atoms with E-state index in [1.165, 1.54) is 0 Å². The summed E-state index contributed by atoms with van der Waals surface area (Å²) in [6, 6.07) is 1.84. The Labute approximate surface area is 102 Å². The van der Waals surface area contributed by atoms with Gasteiger partial charge in [0.1, 0.15) is 11.4 Å². The van der Waals surface area contributed by atoms with Gasteiger partial charge in [-0.25, -0.2) is 4.98 Å². The fraction of sp³-hybridized carbons (Fsp3) is 0.400. The Morgan fingerprint density at radius 3 is 2.93 bits per heavy atom. The summed E-state index contributed by atoms with van der Waals surface area (Å²) in [7, 11) is 1.59. The summed E-state index contributed by atoms with van der Waals surface area (Å²) < 4.78 is 6.39. The van der Waals surface area contributed by atoms with E-state index in [4.69, 9.17) is 4.74 Å². The van der Waals surface area contributed by atoms with Gasteiger partial charge in [0.05, 0.1) is 12.3 Å². The number of pyridine rings is 1. The van der Waals surface area contributed by atoms with E-state index < -0.39 is 0 Å². The van der Waals surface area contributed by atoms with Gasteiger partial charge in [-0.15, -0.1) is 0 Å². The van der Waals surface area contributed by atoms with Gasteiger partial charge in [-0.1, -0.05) is 0 Å². The van der Waals surface area contributed by atoms with Crippen LogP contribution in [0.15, 0.2) is 12.3 Å². The molecule has 1 heterocycles. The summed E-state index contributed by atoms with van der Waals surface area (Å²) in [5, 5.41) is 2.55. The number of amides is 1. The zero-order valence-electron chi connectivity index (χ0n) is 8.29. The first-order chi connectivity index (χ1) is 7.20. The van der Waals surface area contributed by atoms with Crippen LogP contribution in [0, 0.1) is 3.57 Å². The van der Waals surface area contributed by atoms with Crippen LogP contribution in [0.1, 0.15) is 23.3 Å². The third-order valence-corrected chi connectivity index (χ3v) is 2.91. The highest BCUT2D eigenvalue weighted by Crippen LogP contribution is 2.27. The highest BCUT2D eigenvalue weighted by molar-refractivity contribution is 14.1. The summed E-state index contributed by atoms with van der Waals surface area (Å²) in [6.07, 6.45) is 4.19. The molecule has 4 nitrogen and oxygen atoms in total. The van der Waals surface area contributed by atoms with Crippen LogP contribution in [-0.4, -0.2) is 24.0 Å². The third-order valence-electron chi connectivity index (χ3n) is 2.09. The summed E-state index contributed by atoms with van der Waals surface area (Å²) in [5.41, 5.74) is 0.446. The van der Waals surface area contributed by atoms with E-state index in [0.29, 0.717) is 11.8 Å². The Balaban J connectivity index is 2.17. The predicted octanol–water partition coefficient (Wildman–Crippen LogP) is 1.59. The van der Waals surface area contributed by atoms with Crippen LogP contribution in [-0.2, 0) is 0 Å². The molecule has 0 aliphatic heterocycles. The smallest absolute Gasteiger partial charge is 0.270 e. The Bertz CT molecular complexity index is 391. The van der Waals surface area contributed by atoms with Crippen molar-refractivity contribution in [2.75, 3.05) is 7.05 Å². The predicted molar refractivity (Wildman–Crippen MR) is 64.0 cm³/mol. The molecule has 0 bridgehead atoms. The molecule has 5 heteroatoms. The second-order valence-corrected chi connectivity index (χ2v) is 4.56. The van der Waals surface area contributed by atoms with Crippen LogP contribution >= 0.6 is 22.6 Å². The summed E-state index contributed by atoms with van der Waals surface area (Å²) in [6.45, 7) is 0. The van der Waals surface area contributed by atoms with Gasteiger partial charge in [-0.2, -0.15) is 0 Å². The average Bonchev–Trinajstić information content (AvgIpc) is 3.01. The molecule has 15 heavy (non-hydrogen) atoms. The van der Waals surface area contributed by atoms with Crippen molar-refractivity contribution in [3.63, 3.8) is 0 Å². The minimum absolute atomic E-state index is 0.169. The molecule has 0 unspecified atom stereocenters. The topological polar surface area (TPSA) is 51.2 Å². The van der Waals surface area contributed by atoms with E-state index in [9.17, 15) is 4.79 Å². The maximum absolute atomic E-state index is 11.4. The lowest BCUT2D eigenvalue weighted by atomic mass is 10.3. The fourth-order valence-corrected chi connectivity index (χ4v) is 1.84. The number of carbonyl (C=O) groups excluding carboxylic acids is 1. The number of nitrogens with zero attached hydrogens (tertiary/aromatic N) is 1. The van der Waals surface area contributed by atoms with Crippen LogP contribution in [0.3, 0.4) is 0 Å². The molecular weight excluding hydrogens is 307 g/mol. The van der Waals surface area contributed by atoms with Crippen molar-refractivity contribution < 1.29 is 9.53 Å². The van der Waals surface area contributed by atoms with Gasteiger partial charge in [0, 0.05) is 10.6 Å². The van der Waals surface area contributed by atoms with E-state index in [2.05, 4.69) is 32.9 Å². The normalized spacial score (nSPS) is 14.8. The fourth-order valence-electron chi connectivity index (χ4n) is 1.15. The molecule has 0 radical (unpaired) electrons. The van der Waals surface area contributed by atoms with Crippen molar-refractivity contribution in [3.05, 3.63) is 21.5 Å². The van der Waals surface area contributed by atoms with Gasteiger partial charge in [0.15, 0.2) is 0 Å². The maximum atomic E-state index is 11.4. The number of carbonyl (C=O) groups is 1. The van der Waals surface area contributed by atoms with E-state index in [-0.39, 0.29) is 5.91 Å². The molecule has 0 spiro atoms. The summed E-state index contributed by atoms with van der Waals surface area (Å²) >= 11 is 2.09. The molecule has 1 saturated carbocycles. The van der Waals surface area contributed by atoms with Gasteiger partial charge >= 0.3 is 0 Å². The number of nitrogens with one attached hydrogen (secondary N) is 1. The summed E-state index contributed by atoms with van der Waals surface area (Å²) in [4.78, 5) is 15.4. The zero-order chi connectivity index (χ0) is 10.8. The van der Waals surface area contributed by atoms with Crippen LogP contribution in [0.5, 0.6) is 5.75 Å². The van der Waals surface area contributed by atoms with Gasteiger partial charge in [0.2, 0.25) is 0 Å². The maximum Gasteiger partial charge on any atom is 0.270 e. The number of hydrogen-bond acceptors (Lipinski definition) is 3. The first-order valence-electron chi connectivity index (χ1n) is 4.75. The van der Waals surface area contributed by atoms with Crippen molar-refractivity contribution in [2.24, 2.45) is 0 Å². The van der Waals surface area contributed by atoms with Gasteiger partial charge < -0.3 is 10.1 Å². The Kier molecular flexibility index (Phi) is 3.08. The lowest BCUT2D eigenvalue weighted by Gasteiger charge is -2.06. The minimum atomic E-state index is -0.169. The molecule has 1 fully saturated rings. The van der Waals surface area contributed by atoms with E-state index in [0.717, 1.165) is 22.2 Å². The molecule has 1 N–H and O–H groups in total. The van der Waals surface area contributed by atoms with Crippen LogP contribution in [0.4, 0.5) is 0 Å². The molecule has 1 aliphatic carbocycles. The van der Waals surface area contributed by atoms with Crippen LogP contribution < -0.4 is 10.1 Å². The largest absolute Gasteiger partial charge is 0.489 e. The molecule has 2 rings (SSSR count). The van der Waals surface area contributed by atoms with E-state index in [1.54, 1.807) is 13.2 Å². The quantitative estimate of drug-likeness (QED) is 0.861. The molecule has 0 saturated heterocycles. The van der Waals surface area contributed by atoms with Gasteiger partial charge in [-0.3, -0.25) is 4.79 Å².